The molecule has 0 saturated heterocycles. The van der Waals surface area contributed by atoms with Crippen LogP contribution in [0.3, 0.4) is 0 Å². The van der Waals surface area contributed by atoms with E-state index in [0.717, 1.165) is 29.5 Å². The van der Waals surface area contributed by atoms with Crippen LogP contribution >= 0.6 is 33.9 Å². The van der Waals surface area contributed by atoms with Crippen LogP contribution in [0.5, 0.6) is 0 Å². The predicted octanol–water partition coefficient (Wildman–Crippen LogP) is 4.78. The molecule has 0 amide bonds. The third kappa shape index (κ3) is 2.92. The highest BCUT2D eigenvalue weighted by molar-refractivity contribution is 14.1. The molecule has 1 aliphatic carbocycles. The van der Waals surface area contributed by atoms with Crippen LogP contribution in [0.2, 0.25) is 0 Å². The Morgan fingerprint density at radius 3 is 2.55 bits per heavy atom. The maximum absolute atomic E-state index is 6.60. The maximum atomic E-state index is 6.60. The van der Waals surface area contributed by atoms with Gasteiger partial charge in [0.15, 0.2) is 0 Å². The second-order valence-electron chi connectivity index (χ2n) is 5.88. The van der Waals surface area contributed by atoms with Crippen LogP contribution in [0.25, 0.3) is 11.3 Å². The van der Waals surface area contributed by atoms with Gasteiger partial charge in [0.1, 0.15) is 5.01 Å². The Hall–Kier alpha value is -0.460. The van der Waals surface area contributed by atoms with Gasteiger partial charge in [0.25, 0.3) is 0 Å². The molecule has 1 aromatic heterocycles. The van der Waals surface area contributed by atoms with Crippen molar-refractivity contribution in [2.45, 2.75) is 38.1 Å². The van der Waals surface area contributed by atoms with Crippen molar-refractivity contribution in [3.63, 3.8) is 0 Å². The highest BCUT2D eigenvalue weighted by Gasteiger charge is 2.34. The van der Waals surface area contributed by atoms with E-state index in [1.54, 1.807) is 11.3 Å². The lowest BCUT2D eigenvalue weighted by molar-refractivity contribution is 0.247. The van der Waals surface area contributed by atoms with Crippen molar-refractivity contribution in [2.24, 2.45) is 11.7 Å². The molecule has 0 aliphatic heterocycles. The average Bonchev–Trinajstić information content (AvgIpc) is 2.94. The molecule has 2 N–H and O–H groups in total. The van der Waals surface area contributed by atoms with Crippen molar-refractivity contribution in [1.82, 2.24) is 4.98 Å². The minimum atomic E-state index is -0.196. The lowest BCUT2D eigenvalue weighted by Crippen LogP contribution is -2.40. The van der Waals surface area contributed by atoms with E-state index >= 15 is 0 Å². The normalized spacial score (nSPS) is 26.6. The smallest absolute Gasteiger partial charge is 0.113 e. The largest absolute Gasteiger partial charge is 0.319 e. The van der Waals surface area contributed by atoms with Gasteiger partial charge in [0.2, 0.25) is 0 Å². The third-order valence-corrected chi connectivity index (χ3v) is 6.02. The molecule has 20 heavy (non-hydrogen) atoms. The molecule has 0 radical (unpaired) electrons. The van der Waals surface area contributed by atoms with Crippen molar-refractivity contribution in [2.75, 3.05) is 0 Å². The van der Waals surface area contributed by atoms with Crippen LogP contribution in [-0.4, -0.2) is 4.98 Å². The van der Waals surface area contributed by atoms with E-state index in [0.29, 0.717) is 0 Å². The van der Waals surface area contributed by atoms with Gasteiger partial charge in [-0.25, -0.2) is 4.98 Å². The van der Waals surface area contributed by atoms with E-state index in [4.69, 9.17) is 10.7 Å². The fourth-order valence-electron chi connectivity index (χ4n) is 2.75. The van der Waals surface area contributed by atoms with Gasteiger partial charge < -0.3 is 5.73 Å². The van der Waals surface area contributed by atoms with Crippen LogP contribution in [-0.2, 0) is 5.54 Å². The Labute approximate surface area is 137 Å². The molecular formula is C16H19IN2S. The highest BCUT2D eigenvalue weighted by atomic mass is 127. The monoisotopic (exact) mass is 398 g/mol. The minimum absolute atomic E-state index is 0.196. The summed E-state index contributed by atoms with van der Waals surface area (Å²) in [6.45, 7) is 2.32. The first-order valence-corrected chi connectivity index (χ1v) is 9.03. The van der Waals surface area contributed by atoms with Gasteiger partial charge in [0.05, 0.1) is 11.2 Å². The standard InChI is InChI=1S/C16H19IN2S/c1-11-6-8-16(18,9-7-11)15-19-14(10-20-15)12-2-4-13(17)5-3-12/h2-5,10-11H,6-9,18H2,1H3. The fourth-order valence-corrected chi connectivity index (χ4v) is 4.11. The summed E-state index contributed by atoms with van der Waals surface area (Å²) in [7, 11) is 0. The summed E-state index contributed by atoms with van der Waals surface area (Å²) in [5.41, 5.74) is 8.65. The van der Waals surface area contributed by atoms with Crippen molar-refractivity contribution in [3.8, 4) is 11.3 Å². The number of aromatic nitrogens is 1. The predicted molar refractivity (Wildman–Crippen MR) is 93.8 cm³/mol. The van der Waals surface area contributed by atoms with E-state index in [9.17, 15) is 0 Å². The number of nitrogens with two attached hydrogens (primary N) is 1. The Morgan fingerprint density at radius 2 is 1.90 bits per heavy atom. The molecule has 4 heteroatoms. The molecule has 2 nitrogen and oxygen atoms in total. The zero-order valence-electron chi connectivity index (χ0n) is 11.6. The zero-order valence-corrected chi connectivity index (χ0v) is 14.6. The Kier molecular flexibility index (Phi) is 4.15. The van der Waals surface area contributed by atoms with Crippen LogP contribution in [0, 0.1) is 9.49 Å². The topological polar surface area (TPSA) is 38.9 Å². The SMILES string of the molecule is CC1CCC(N)(c2nc(-c3ccc(I)cc3)cs2)CC1. The molecule has 1 aliphatic rings. The van der Waals surface area contributed by atoms with Crippen molar-refractivity contribution < 1.29 is 0 Å². The second-order valence-corrected chi connectivity index (χ2v) is 7.99. The summed E-state index contributed by atoms with van der Waals surface area (Å²) in [6, 6.07) is 8.50. The van der Waals surface area contributed by atoms with Gasteiger partial charge >= 0.3 is 0 Å². The molecular weight excluding hydrogens is 379 g/mol. The molecule has 0 spiro atoms. The van der Waals surface area contributed by atoms with E-state index < -0.39 is 0 Å². The Morgan fingerprint density at radius 1 is 1.25 bits per heavy atom. The fraction of sp³-hybridized carbons (Fsp3) is 0.438. The van der Waals surface area contributed by atoms with Crippen LogP contribution in [0.15, 0.2) is 29.6 Å². The number of nitrogens with zero attached hydrogens (tertiary/aromatic N) is 1. The van der Waals surface area contributed by atoms with Crippen LogP contribution in [0.1, 0.15) is 37.6 Å². The summed E-state index contributed by atoms with van der Waals surface area (Å²) in [4.78, 5) is 4.82. The molecule has 0 unspecified atom stereocenters. The summed E-state index contributed by atoms with van der Waals surface area (Å²) in [5.74, 6) is 0.808. The van der Waals surface area contributed by atoms with Gasteiger partial charge in [-0.2, -0.15) is 0 Å². The number of rotatable bonds is 2. The molecule has 1 heterocycles. The number of hydrogen-bond donors (Lipinski definition) is 1. The zero-order chi connectivity index (χ0) is 14.2. The first-order valence-electron chi connectivity index (χ1n) is 7.08. The minimum Gasteiger partial charge on any atom is -0.319 e. The van der Waals surface area contributed by atoms with Crippen LogP contribution < -0.4 is 5.73 Å². The quantitative estimate of drug-likeness (QED) is 0.740. The average molecular weight is 398 g/mol. The Balaban J connectivity index is 1.85. The molecule has 1 fully saturated rings. The molecule has 1 saturated carbocycles. The maximum Gasteiger partial charge on any atom is 0.113 e. The number of thiazole rings is 1. The second kappa shape index (κ2) is 5.73. The summed E-state index contributed by atoms with van der Waals surface area (Å²) in [5, 5.41) is 3.25. The molecule has 3 rings (SSSR count). The van der Waals surface area contributed by atoms with Gasteiger partial charge in [-0.15, -0.1) is 11.3 Å². The molecule has 0 atom stereocenters. The molecule has 106 valence electrons. The number of hydrogen-bond acceptors (Lipinski definition) is 3. The van der Waals surface area contributed by atoms with E-state index in [-0.39, 0.29) is 5.54 Å². The molecule has 2 aromatic rings. The molecule has 0 bridgehead atoms. The van der Waals surface area contributed by atoms with E-state index in [2.05, 4.69) is 59.2 Å². The summed E-state index contributed by atoms with van der Waals surface area (Å²) < 4.78 is 1.25. The summed E-state index contributed by atoms with van der Waals surface area (Å²) in [6.07, 6.45) is 4.56. The highest BCUT2D eigenvalue weighted by Crippen LogP contribution is 2.39. The number of halogens is 1. The van der Waals surface area contributed by atoms with Crippen LogP contribution in [0.4, 0.5) is 0 Å². The lowest BCUT2D eigenvalue weighted by atomic mass is 9.78. The third-order valence-electron chi connectivity index (χ3n) is 4.24. The van der Waals surface area contributed by atoms with Crippen molar-refractivity contribution in [3.05, 3.63) is 38.2 Å². The lowest BCUT2D eigenvalue weighted by Gasteiger charge is -2.34. The number of benzene rings is 1. The Bertz CT molecular complexity index is 583. The van der Waals surface area contributed by atoms with E-state index in [1.807, 2.05) is 0 Å². The van der Waals surface area contributed by atoms with Gasteiger partial charge in [-0.3, -0.25) is 0 Å². The first-order chi connectivity index (χ1) is 9.57. The first kappa shape index (κ1) is 14.5. The van der Waals surface area contributed by atoms with Crippen molar-refractivity contribution >= 4 is 33.9 Å². The van der Waals surface area contributed by atoms with E-state index in [1.165, 1.54) is 22.0 Å². The molecule has 1 aromatic carbocycles. The van der Waals surface area contributed by atoms with Gasteiger partial charge in [0, 0.05) is 14.5 Å². The van der Waals surface area contributed by atoms with Gasteiger partial charge in [-0.1, -0.05) is 19.1 Å². The van der Waals surface area contributed by atoms with Crippen molar-refractivity contribution in [1.29, 1.82) is 0 Å². The van der Waals surface area contributed by atoms with Gasteiger partial charge in [-0.05, 0) is 66.3 Å². The summed E-state index contributed by atoms with van der Waals surface area (Å²) >= 11 is 4.04.